The van der Waals surface area contributed by atoms with Crippen molar-refractivity contribution in [2.75, 3.05) is 20.8 Å². The van der Waals surface area contributed by atoms with Crippen molar-refractivity contribution in [3.05, 3.63) is 93.5 Å². The molecule has 0 unspecified atom stereocenters. The Morgan fingerprint density at radius 2 is 1.54 bits per heavy atom. The molecule has 6 nitrogen and oxygen atoms in total. The summed E-state index contributed by atoms with van der Waals surface area (Å²) in [4.78, 5) is 29.1. The third-order valence-electron chi connectivity index (χ3n) is 6.37. The Morgan fingerprint density at radius 3 is 2.18 bits per heavy atom. The first-order valence-electron chi connectivity index (χ1n) is 13.0. The molecule has 1 N–H and O–H groups in total. The second-order valence-electron chi connectivity index (χ2n) is 9.80. The molecule has 3 aromatic carbocycles. The number of amides is 2. The summed E-state index contributed by atoms with van der Waals surface area (Å²) in [6.07, 6.45) is 1.07. The van der Waals surface area contributed by atoms with Gasteiger partial charge in [-0.25, -0.2) is 0 Å². The minimum Gasteiger partial charge on any atom is -0.493 e. The van der Waals surface area contributed by atoms with Gasteiger partial charge in [0.15, 0.2) is 11.5 Å². The van der Waals surface area contributed by atoms with E-state index >= 15 is 0 Å². The number of ether oxygens (including phenoxy) is 2. The normalized spacial score (nSPS) is 11.7. The molecule has 0 saturated carbocycles. The van der Waals surface area contributed by atoms with Crippen LogP contribution in [0.3, 0.4) is 0 Å². The zero-order valence-corrected chi connectivity index (χ0v) is 24.4. The van der Waals surface area contributed by atoms with Crippen LogP contribution in [-0.2, 0) is 29.0 Å². The minimum absolute atomic E-state index is 0.142. The van der Waals surface area contributed by atoms with Crippen LogP contribution in [0.15, 0.2) is 66.7 Å². The van der Waals surface area contributed by atoms with E-state index in [1.54, 1.807) is 31.3 Å². The molecule has 8 heteroatoms. The molecule has 0 heterocycles. The van der Waals surface area contributed by atoms with Crippen molar-refractivity contribution >= 4 is 35.0 Å². The monoisotopic (exact) mass is 570 g/mol. The zero-order chi connectivity index (χ0) is 28.4. The predicted molar refractivity (Wildman–Crippen MR) is 157 cm³/mol. The van der Waals surface area contributed by atoms with Crippen molar-refractivity contribution < 1.29 is 19.1 Å². The molecule has 3 rings (SSSR count). The number of methoxy groups -OCH3 is 2. The molecular formula is C31H36Cl2N2O4. The van der Waals surface area contributed by atoms with Gasteiger partial charge >= 0.3 is 0 Å². The number of benzene rings is 3. The summed E-state index contributed by atoms with van der Waals surface area (Å²) < 4.78 is 10.7. The van der Waals surface area contributed by atoms with Gasteiger partial charge in [-0.15, -0.1) is 0 Å². The Balaban J connectivity index is 1.92. The van der Waals surface area contributed by atoms with E-state index in [-0.39, 0.29) is 30.7 Å². The number of carbonyl (C=O) groups is 2. The van der Waals surface area contributed by atoms with Crippen LogP contribution >= 0.6 is 23.2 Å². The van der Waals surface area contributed by atoms with Gasteiger partial charge in [0.1, 0.15) is 6.04 Å². The molecule has 0 aromatic heterocycles. The van der Waals surface area contributed by atoms with E-state index in [9.17, 15) is 9.59 Å². The third-order valence-corrected chi connectivity index (χ3v) is 7.11. The molecule has 0 aliphatic heterocycles. The minimum atomic E-state index is -0.710. The maximum Gasteiger partial charge on any atom is 0.243 e. The highest BCUT2D eigenvalue weighted by atomic mass is 35.5. The van der Waals surface area contributed by atoms with E-state index in [1.807, 2.05) is 68.4 Å². The average Bonchev–Trinajstić information content (AvgIpc) is 2.94. The zero-order valence-electron chi connectivity index (χ0n) is 22.9. The molecule has 0 aliphatic carbocycles. The topological polar surface area (TPSA) is 67.9 Å². The van der Waals surface area contributed by atoms with E-state index in [2.05, 4.69) is 5.32 Å². The van der Waals surface area contributed by atoms with E-state index < -0.39 is 6.04 Å². The molecule has 1 atom stereocenters. The fourth-order valence-corrected chi connectivity index (χ4v) is 4.56. The predicted octanol–water partition coefficient (Wildman–Crippen LogP) is 6.36. The van der Waals surface area contributed by atoms with Crippen molar-refractivity contribution in [3.63, 3.8) is 0 Å². The number of carbonyl (C=O) groups excluding carboxylic acids is 2. The van der Waals surface area contributed by atoms with Crippen LogP contribution in [0.2, 0.25) is 10.0 Å². The van der Waals surface area contributed by atoms with Gasteiger partial charge in [0, 0.05) is 25.9 Å². The van der Waals surface area contributed by atoms with Crippen LogP contribution in [0, 0.1) is 5.92 Å². The Bertz CT molecular complexity index is 1250. The van der Waals surface area contributed by atoms with Crippen LogP contribution in [0.5, 0.6) is 11.5 Å². The van der Waals surface area contributed by atoms with Gasteiger partial charge in [0.05, 0.1) is 24.3 Å². The van der Waals surface area contributed by atoms with Crippen LogP contribution in [0.25, 0.3) is 0 Å². The lowest BCUT2D eigenvalue weighted by Crippen LogP contribution is -2.51. The summed E-state index contributed by atoms with van der Waals surface area (Å²) in [7, 11) is 3.16. The maximum absolute atomic E-state index is 13.9. The summed E-state index contributed by atoms with van der Waals surface area (Å²) in [5.41, 5.74) is 2.69. The summed E-state index contributed by atoms with van der Waals surface area (Å²) in [6, 6.07) is 19.9. The molecule has 2 amide bonds. The fraction of sp³-hybridized carbons (Fsp3) is 0.355. The van der Waals surface area contributed by atoms with E-state index in [0.717, 1.165) is 16.7 Å². The number of nitrogens with one attached hydrogen (secondary N) is 1. The van der Waals surface area contributed by atoms with E-state index in [0.29, 0.717) is 40.9 Å². The van der Waals surface area contributed by atoms with Gasteiger partial charge in [-0.2, -0.15) is 0 Å². The number of halogens is 2. The molecule has 0 bridgehead atoms. The first-order valence-corrected chi connectivity index (χ1v) is 13.7. The van der Waals surface area contributed by atoms with Gasteiger partial charge in [0.25, 0.3) is 0 Å². The molecule has 208 valence electrons. The second-order valence-corrected chi connectivity index (χ2v) is 10.6. The summed E-state index contributed by atoms with van der Waals surface area (Å²) in [6.45, 7) is 4.81. The van der Waals surface area contributed by atoms with Crippen molar-refractivity contribution in [1.29, 1.82) is 0 Å². The van der Waals surface area contributed by atoms with Gasteiger partial charge < -0.3 is 19.7 Å². The Labute approximate surface area is 241 Å². The standard InChI is InChI=1S/C31H36Cl2N2O4/c1-21(2)19-34-31(37)27(17-22-8-6-5-7-9-22)35(20-24-10-13-25(32)26(33)16-24)30(36)15-12-23-11-14-28(38-3)29(18-23)39-4/h5-11,13-14,16,18,21,27H,12,15,17,19-20H2,1-4H3,(H,34,37)/t27-/m0/s1. The lowest BCUT2D eigenvalue weighted by Gasteiger charge is -2.32. The lowest BCUT2D eigenvalue weighted by molar-refractivity contribution is -0.141. The molecule has 0 radical (unpaired) electrons. The summed E-state index contributed by atoms with van der Waals surface area (Å²) in [5.74, 6) is 1.17. The summed E-state index contributed by atoms with van der Waals surface area (Å²) in [5, 5.41) is 3.87. The van der Waals surface area contributed by atoms with Crippen LogP contribution < -0.4 is 14.8 Å². The van der Waals surface area contributed by atoms with Gasteiger partial charge in [0.2, 0.25) is 11.8 Å². The molecule has 0 fully saturated rings. The van der Waals surface area contributed by atoms with Gasteiger partial charge in [-0.3, -0.25) is 9.59 Å². The number of nitrogens with zero attached hydrogens (tertiary/aromatic N) is 1. The highest BCUT2D eigenvalue weighted by Crippen LogP contribution is 2.29. The van der Waals surface area contributed by atoms with E-state index in [4.69, 9.17) is 32.7 Å². The maximum atomic E-state index is 13.9. The highest BCUT2D eigenvalue weighted by molar-refractivity contribution is 6.42. The van der Waals surface area contributed by atoms with Gasteiger partial charge in [-0.05, 0) is 53.3 Å². The number of rotatable bonds is 13. The molecular weight excluding hydrogens is 535 g/mol. The van der Waals surface area contributed by atoms with Crippen molar-refractivity contribution in [1.82, 2.24) is 10.2 Å². The number of hydrogen-bond donors (Lipinski definition) is 1. The Morgan fingerprint density at radius 1 is 0.846 bits per heavy atom. The quantitative estimate of drug-likeness (QED) is 0.260. The molecule has 0 saturated heterocycles. The Hall–Kier alpha value is -3.22. The second kappa shape index (κ2) is 14.8. The van der Waals surface area contributed by atoms with Gasteiger partial charge in [-0.1, -0.05) is 79.5 Å². The lowest BCUT2D eigenvalue weighted by atomic mass is 10.0. The highest BCUT2D eigenvalue weighted by Gasteiger charge is 2.30. The molecule has 39 heavy (non-hydrogen) atoms. The van der Waals surface area contributed by atoms with E-state index in [1.165, 1.54) is 0 Å². The van der Waals surface area contributed by atoms with Crippen LogP contribution in [0.1, 0.15) is 37.0 Å². The first-order chi connectivity index (χ1) is 18.7. The molecule has 0 aliphatic rings. The smallest absolute Gasteiger partial charge is 0.243 e. The van der Waals surface area contributed by atoms with Crippen LogP contribution in [-0.4, -0.2) is 43.5 Å². The molecule has 0 spiro atoms. The first kappa shape index (κ1) is 30.3. The molecule has 3 aromatic rings. The summed E-state index contributed by atoms with van der Waals surface area (Å²) >= 11 is 12.4. The fourth-order valence-electron chi connectivity index (χ4n) is 4.24. The SMILES string of the molecule is COc1ccc(CCC(=O)N(Cc2ccc(Cl)c(Cl)c2)[C@@H](Cc2ccccc2)C(=O)NCC(C)C)cc1OC. The number of aryl methyl sites for hydroxylation is 1. The number of hydrogen-bond acceptors (Lipinski definition) is 4. The van der Waals surface area contributed by atoms with Crippen molar-refractivity contribution in [2.45, 2.75) is 45.7 Å². The van der Waals surface area contributed by atoms with Crippen LogP contribution in [0.4, 0.5) is 0 Å². The Kier molecular flexibility index (Phi) is 11.5. The third kappa shape index (κ3) is 8.91. The van der Waals surface area contributed by atoms with Crippen molar-refractivity contribution in [2.24, 2.45) is 5.92 Å². The largest absolute Gasteiger partial charge is 0.493 e. The van der Waals surface area contributed by atoms with Crippen molar-refractivity contribution in [3.8, 4) is 11.5 Å². The average molecular weight is 572 g/mol.